The number of Topliss-reactive ketones (excluding diaryl/α,β-unsaturated/α-hetero) is 1. The molecule has 1 spiro atoms. The van der Waals surface area contributed by atoms with E-state index < -0.39 is 30.1 Å². The zero-order valence-electron chi connectivity index (χ0n) is 14.7. The Bertz CT molecular complexity index is 696. The van der Waals surface area contributed by atoms with Crippen molar-refractivity contribution in [3.8, 4) is 5.75 Å². The fraction of sp³-hybridized carbons (Fsp3) is 0.474. The summed E-state index contributed by atoms with van der Waals surface area (Å²) < 4.78 is 21.7. The normalized spacial score (nSPS) is 30.8. The first-order valence-electron chi connectivity index (χ1n) is 8.48. The number of aliphatic hydroxyl groups is 1. The van der Waals surface area contributed by atoms with E-state index in [9.17, 15) is 14.7 Å². The maximum atomic E-state index is 12.7. The summed E-state index contributed by atoms with van der Waals surface area (Å²) in [5, 5.41) is 10.5. The number of ketones is 1. The SMILES string of the molecule is COc1ccc(C(=O)[C@H]2CCO[C@]3(C=CC(OC(C)=O)C[C@@H]3O)O2)cc1. The molecule has 1 heterocycles. The first-order valence-corrected chi connectivity index (χ1v) is 8.48. The number of esters is 1. The number of ether oxygens (including phenoxy) is 4. The summed E-state index contributed by atoms with van der Waals surface area (Å²) in [4.78, 5) is 23.8. The minimum absolute atomic E-state index is 0.138. The highest BCUT2D eigenvalue weighted by molar-refractivity contribution is 5.99. The van der Waals surface area contributed by atoms with Gasteiger partial charge in [0, 0.05) is 25.3 Å². The molecule has 0 bridgehead atoms. The zero-order chi connectivity index (χ0) is 18.7. The van der Waals surface area contributed by atoms with E-state index in [2.05, 4.69) is 0 Å². The molecule has 1 aliphatic carbocycles. The second kappa shape index (κ2) is 7.57. The molecule has 1 saturated heterocycles. The highest BCUT2D eigenvalue weighted by atomic mass is 16.7. The third-order valence-electron chi connectivity index (χ3n) is 4.48. The van der Waals surface area contributed by atoms with E-state index in [4.69, 9.17) is 18.9 Å². The topological polar surface area (TPSA) is 91.3 Å². The fourth-order valence-electron chi connectivity index (χ4n) is 3.14. The van der Waals surface area contributed by atoms with E-state index in [1.807, 2.05) is 0 Å². The summed E-state index contributed by atoms with van der Waals surface area (Å²) in [6, 6.07) is 6.77. The van der Waals surface area contributed by atoms with E-state index in [0.717, 1.165) is 0 Å². The Morgan fingerprint density at radius 2 is 2.00 bits per heavy atom. The van der Waals surface area contributed by atoms with Gasteiger partial charge in [-0.2, -0.15) is 0 Å². The summed E-state index contributed by atoms with van der Waals surface area (Å²) in [5.41, 5.74) is 0.500. The summed E-state index contributed by atoms with van der Waals surface area (Å²) in [7, 11) is 1.56. The van der Waals surface area contributed by atoms with Crippen molar-refractivity contribution in [3.63, 3.8) is 0 Å². The predicted molar refractivity (Wildman–Crippen MR) is 90.8 cm³/mol. The van der Waals surface area contributed by atoms with Crippen molar-refractivity contribution in [2.75, 3.05) is 13.7 Å². The van der Waals surface area contributed by atoms with Gasteiger partial charge in [0.2, 0.25) is 5.79 Å². The first kappa shape index (κ1) is 18.6. The Morgan fingerprint density at radius 1 is 1.27 bits per heavy atom. The van der Waals surface area contributed by atoms with Gasteiger partial charge in [0.15, 0.2) is 5.78 Å². The highest BCUT2D eigenvalue weighted by Gasteiger charge is 2.48. The van der Waals surface area contributed by atoms with Crippen LogP contribution in [0.5, 0.6) is 5.75 Å². The zero-order valence-corrected chi connectivity index (χ0v) is 14.7. The molecule has 1 fully saturated rings. The van der Waals surface area contributed by atoms with Crippen molar-refractivity contribution in [2.24, 2.45) is 0 Å². The molecule has 0 saturated carbocycles. The average molecular weight is 362 g/mol. The van der Waals surface area contributed by atoms with Gasteiger partial charge in [0.1, 0.15) is 24.1 Å². The van der Waals surface area contributed by atoms with Gasteiger partial charge in [-0.25, -0.2) is 0 Å². The van der Waals surface area contributed by atoms with Gasteiger partial charge < -0.3 is 24.1 Å². The maximum Gasteiger partial charge on any atom is 0.303 e. The van der Waals surface area contributed by atoms with Crippen LogP contribution >= 0.6 is 0 Å². The monoisotopic (exact) mass is 362 g/mol. The van der Waals surface area contributed by atoms with Gasteiger partial charge >= 0.3 is 5.97 Å². The van der Waals surface area contributed by atoms with E-state index in [1.165, 1.54) is 13.0 Å². The Hall–Kier alpha value is -2.22. The molecule has 1 unspecified atom stereocenters. The minimum Gasteiger partial charge on any atom is -0.497 e. The van der Waals surface area contributed by atoms with Gasteiger partial charge in [0.25, 0.3) is 0 Å². The van der Waals surface area contributed by atoms with E-state index in [-0.39, 0.29) is 18.8 Å². The lowest BCUT2D eigenvalue weighted by molar-refractivity contribution is -0.298. The smallest absolute Gasteiger partial charge is 0.303 e. The molecule has 1 aliphatic heterocycles. The Morgan fingerprint density at radius 3 is 2.62 bits per heavy atom. The molecule has 2 aliphatic rings. The molecule has 1 N–H and O–H groups in total. The molecule has 0 aromatic heterocycles. The lowest BCUT2D eigenvalue weighted by atomic mass is 9.93. The lowest BCUT2D eigenvalue weighted by Gasteiger charge is -2.44. The largest absolute Gasteiger partial charge is 0.497 e. The number of hydrogen-bond acceptors (Lipinski definition) is 7. The molecule has 7 nitrogen and oxygen atoms in total. The van der Waals surface area contributed by atoms with Crippen LogP contribution in [-0.4, -0.2) is 54.7 Å². The molecule has 0 amide bonds. The third kappa shape index (κ3) is 3.80. The number of rotatable bonds is 4. The van der Waals surface area contributed by atoms with Gasteiger partial charge in [-0.3, -0.25) is 9.59 Å². The van der Waals surface area contributed by atoms with Gasteiger partial charge in [-0.1, -0.05) is 0 Å². The van der Waals surface area contributed by atoms with Crippen LogP contribution in [0.1, 0.15) is 30.1 Å². The van der Waals surface area contributed by atoms with Crippen LogP contribution in [-0.2, 0) is 19.0 Å². The van der Waals surface area contributed by atoms with Crippen LogP contribution in [0.15, 0.2) is 36.4 Å². The quantitative estimate of drug-likeness (QED) is 0.494. The van der Waals surface area contributed by atoms with Crippen molar-refractivity contribution < 1.29 is 33.6 Å². The van der Waals surface area contributed by atoms with Gasteiger partial charge in [-0.05, 0) is 36.4 Å². The van der Waals surface area contributed by atoms with Gasteiger partial charge in [0.05, 0.1) is 13.7 Å². The Kier molecular flexibility index (Phi) is 5.41. The van der Waals surface area contributed by atoms with E-state index in [1.54, 1.807) is 37.5 Å². The standard InChI is InChI=1S/C19H22O7/c1-12(20)25-15-7-9-19(17(21)11-15)24-10-8-16(26-19)18(22)13-3-5-14(23-2)6-4-13/h3-7,9,15-17,21H,8,10-11H2,1-2H3/t15?,16-,17+,19-/m1/s1. The number of aliphatic hydroxyl groups excluding tert-OH is 1. The number of carbonyl (C=O) groups excluding carboxylic acids is 2. The van der Waals surface area contributed by atoms with Crippen LogP contribution in [0, 0.1) is 0 Å². The molecular formula is C19H22O7. The van der Waals surface area contributed by atoms with Crippen molar-refractivity contribution in [1.29, 1.82) is 0 Å². The third-order valence-corrected chi connectivity index (χ3v) is 4.48. The fourth-order valence-corrected chi connectivity index (χ4v) is 3.14. The summed E-state index contributed by atoms with van der Waals surface area (Å²) in [6.45, 7) is 1.58. The highest BCUT2D eigenvalue weighted by Crippen LogP contribution is 2.35. The molecule has 3 rings (SSSR count). The Balaban J connectivity index is 1.74. The van der Waals surface area contributed by atoms with Crippen molar-refractivity contribution in [2.45, 2.75) is 43.9 Å². The molecule has 26 heavy (non-hydrogen) atoms. The number of carbonyl (C=O) groups is 2. The second-order valence-corrected chi connectivity index (χ2v) is 6.32. The number of benzene rings is 1. The summed E-state index contributed by atoms with van der Waals surface area (Å²) >= 11 is 0. The Labute approximate surface area is 151 Å². The predicted octanol–water partition coefficient (Wildman–Crippen LogP) is 1.63. The lowest BCUT2D eigenvalue weighted by Crippen LogP contribution is -2.56. The molecule has 1 aromatic rings. The van der Waals surface area contributed by atoms with Crippen LogP contribution in [0.25, 0.3) is 0 Å². The average Bonchev–Trinajstić information content (AvgIpc) is 2.64. The first-order chi connectivity index (χ1) is 12.4. The second-order valence-electron chi connectivity index (χ2n) is 6.32. The molecule has 7 heteroatoms. The van der Waals surface area contributed by atoms with Crippen molar-refractivity contribution in [1.82, 2.24) is 0 Å². The van der Waals surface area contributed by atoms with E-state index in [0.29, 0.717) is 17.7 Å². The molecule has 0 radical (unpaired) electrons. The van der Waals surface area contributed by atoms with Gasteiger partial charge in [-0.15, -0.1) is 0 Å². The summed E-state index contributed by atoms with van der Waals surface area (Å²) in [6.07, 6.45) is 1.35. The number of methoxy groups -OCH3 is 1. The minimum atomic E-state index is -1.40. The van der Waals surface area contributed by atoms with Crippen LogP contribution < -0.4 is 4.74 Å². The van der Waals surface area contributed by atoms with Crippen molar-refractivity contribution >= 4 is 11.8 Å². The molecule has 1 aromatic carbocycles. The van der Waals surface area contributed by atoms with Crippen LogP contribution in [0.3, 0.4) is 0 Å². The molecule has 140 valence electrons. The van der Waals surface area contributed by atoms with Crippen molar-refractivity contribution in [3.05, 3.63) is 42.0 Å². The van der Waals surface area contributed by atoms with E-state index >= 15 is 0 Å². The van der Waals surface area contributed by atoms with Crippen LogP contribution in [0.4, 0.5) is 0 Å². The molecule has 4 atom stereocenters. The molecular weight excluding hydrogens is 340 g/mol. The maximum absolute atomic E-state index is 12.7. The van der Waals surface area contributed by atoms with Crippen LogP contribution in [0.2, 0.25) is 0 Å². The number of hydrogen-bond donors (Lipinski definition) is 1. The summed E-state index contributed by atoms with van der Waals surface area (Å²) in [5.74, 6) is -1.35.